The molecule has 1 rings (SSSR count). The van der Waals surface area contributed by atoms with Crippen LogP contribution in [-0.4, -0.2) is 22.2 Å². The minimum Gasteiger partial charge on any atom is -0.478 e. The molecule has 0 aliphatic rings. The maximum atomic E-state index is 10.8. The second-order valence-corrected chi connectivity index (χ2v) is 4.54. The van der Waals surface area contributed by atoms with Crippen LogP contribution in [0.2, 0.25) is 15.1 Å². The summed E-state index contributed by atoms with van der Waals surface area (Å²) in [6.45, 7) is 0. The Kier molecular flexibility index (Phi) is 4.07. The zero-order valence-electron chi connectivity index (χ0n) is 7.22. The third-order valence-electron chi connectivity index (χ3n) is 1.69. The van der Waals surface area contributed by atoms with Gasteiger partial charge in [0.1, 0.15) is 0 Å². The van der Waals surface area contributed by atoms with Crippen molar-refractivity contribution in [3.8, 4) is 0 Å². The van der Waals surface area contributed by atoms with Crippen LogP contribution in [0.5, 0.6) is 0 Å². The smallest absolute Gasteiger partial charge is 0.338 e. The highest BCUT2D eigenvalue weighted by Crippen LogP contribution is 2.41. The van der Waals surface area contributed by atoms with E-state index in [-0.39, 0.29) is 20.1 Å². The molecule has 0 atom stereocenters. The van der Waals surface area contributed by atoms with E-state index in [0.717, 1.165) is 0 Å². The second-order valence-electron chi connectivity index (χ2n) is 2.62. The molecule has 2 N–H and O–H groups in total. The average Bonchev–Trinajstić information content (AvgIpc) is 2.14. The van der Waals surface area contributed by atoms with Gasteiger partial charge in [-0.05, 0) is 15.9 Å². The van der Waals surface area contributed by atoms with Gasteiger partial charge in [0.2, 0.25) is 0 Å². The molecule has 0 aromatic heterocycles. The highest BCUT2D eigenvalue weighted by molar-refractivity contribution is 9.10. The first-order chi connectivity index (χ1) is 7.29. The van der Waals surface area contributed by atoms with Gasteiger partial charge in [-0.25, -0.2) is 9.59 Å². The number of aromatic carboxylic acids is 2. The largest absolute Gasteiger partial charge is 0.478 e. The summed E-state index contributed by atoms with van der Waals surface area (Å²) in [4.78, 5) is 21.7. The number of halogens is 4. The van der Waals surface area contributed by atoms with Crippen LogP contribution in [0.1, 0.15) is 20.7 Å². The Labute approximate surface area is 113 Å². The summed E-state index contributed by atoms with van der Waals surface area (Å²) in [5.41, 5.74) is -0.813. The van der Waals surface area contributed by atoms with Crippen LogP contribution >= 0.6 is 50.7 Å². The van der Waals surface area contributed by atoms with E-state index >= 15 is 0 Å². The molecule has 0 bridgehead atoms. The van der Waals surface area contributed by atoms with Gasteiger partial charge < -0.3 is 10.2 Å². The summed E-state index contributed by atoms with van der Waals surface area (Å²) in [6, 6.07) is 0. The summed E-state index contributed by atoms with van der Waals surface area (Å²) in [7, 11) is 0. The first kappa shape index (κ1) is 13.6. The molecule has 1 aromatic carbocycles. The maximum absolute atomic E-state index is 10.8. The van der Waals surface area contributed by atoms with Crippen molar-refractivity contribution >= 4 is 62.7 Å². The Morgan fingerprint density at radius 3 is 1.62 bits per heavy atom. The second kappa shape index (κ2) is 4.79. The van der Waals surface area contributed by atoms with Gasteiger partial charge in [0.25, 0.3) is 0 Å². The third kappa shape index (κ3) is 2.13. The number of rotatable bonds is 2. The highest BCUT2D eigenvalue weighted by Gasteiger charge is 2.26. The zero-order chi connectivity index (χ0) is 12.6. The maximum Gasteiger partial charge on any atom is 0.338 e. The Bertz CT molecular complexity index is 427. The Morgan fingerprint density at radius 1 is 0.875 bits per heavy atom. The van der Waals surface area contributed by atoms with Gasteiger partial charge in [0, 0.05) is 0 Å². The lowest BCUT2D eigenvalue weighted by Gasteiger charge is -2.10. The zero-order valence-corrected chi connectivity index (χ0v) is 11.1. The van der Waals surface area contributed by atoms with Crippen LogP contribution in [0.3, 0.4) is 0 Å². The van der Waals surface area contributed by atoms with Gasteiger partial charge in [0.15, 0.2) is 0 Å². The molecule has 0 radical (unpaired) electrons. The average molecular weight is 348 g/mol. The van der Waals surface area contributed by atoms with Gasteiger partial charge in [-0.3, -0.25) is 0 Å². The van der Waals surface area contributed by atoms with Gasteiger partial charge in [0.05, 0.1) is 30.7 Å². The molecule has 0 amide bonds. The van der Waals surface area contributed by atoms with Crippen molar-refractivity contribution in [2.45, 2.75) is 0 Å². The van der Waals surface area contributed by atoms with Crippen LogP contribution in [0.15, 0.2) is 4.47 Å². The minimum atomic E-state index is -1.39. The van der Waals surface area contributed by atoms with Crippen LogP contribution < -0.4 is 0 Å². The number of hydrogen-bond donors (Lipinski definition) is 2. The van der Waals surface area contributed by atoms with Gasteiger partial charge in [-0.1, -0.05) is 34.8 Å². The van der Waals surface area contributed by atoms with E-state index in [2.05, 4.69) is 15.9 Å². The molecular formula is C8H2BrCl3O4. The third-order valence-corrected chi connectivity index (χ3v) is 3.94. The fourth-order valence-electron chi connectivity index (χ4n) is 1.01. The predicted molar refractivity (Wildman–Crippen MR) is 63.1 cm³/mol. The molecular weight excluding hydrogens is 346 g/mol. The molecule has 0 fully saturated rings. The number of carboxylic acids is 2. The Hall–Kier alpha value is -0.490. The van der Waals surface area contributed by atoms with Crippen molar-refractivity contribution in [1.82, 2.24) is 0 Å². The molecule has 0 saturated carbocycles. The normalized spacial score (nSPS) is 10.2. The summed E-state index contributed by atoms with van der Waals surface area (Å²) < 4.78 is -0.117. The lowest BCUT2D eigenvalue weighted by molar-refractivity contribution is 0.0680. The molecule has 0 heterocycles. The summed E-state index contributed by atoms with van der Waals surface area (Å²) in [5, 5.41) is 16.6. The van der Waals surface area contributed by atoms with E-state index in [9.17, 15) is 9.59 Å². The van der Waals surface area contributed by atoms with E-state index < -0.39 is 22.5 Å². The minimum absolute atomic E-state index is 0.117. The number of hydrogen-bond acceptors (Lipinski definition) is 2. The molecule has 0 aliphatic carbocycles. The van der Waals surface area contributed by atoms with E-state index in [1.165, 1.54) is 0 Å². The SMILES string of the molecule is O=C(O)c1c(Cl)c(Cl)c(C(=O)O)c(Br)c1Cl. The topological polar surface area (TPSA) is 74.6 Å². The van der Waals surface area contributed by atoms with Crippen LogP contribution in [0, 0.1) is 0 Å². The molecule has 1 aromatic rings. The van der Waals surface area contributed by atoms with Crippen molar-refractivity contribution in [2.75, 3.05) is 0 Å². The predicted octanol–water partition coefficient (Wildman–Crippen LogP) is 3.81. The summed E-state index contributed by atoms with van der Waals surface area (Å²) in [6.07, 6.45) is 0. The monoisotopic (exact) mass is 346 g/mol. The van der Waals surface area contributed by atoms with Crippen LogP contribution in [0.25, 0.3) is 0 Å². The molecule has 8 heteroatoms. The molecule has 0 aliphatic heterocycles. The number of carbonyl (C=O) groups is 2. The first-order valence-corrected chi connectivity index (χ1v) is 5.54. The van der Waals surface area contributed by atoms with E-state index in [1.54, 1.807) is 0 Å². The Morgan fingerprint density at radius 2 is 1.25 bits per heavy atom. The fraction of sp³-hybridized carbons (Fsp3) is 0. The molecule has 0 unspecified atom stereocenters. The van der Waals surface area contributed by atoms with Crippen molar-refractivity contribution in [3.63, 3.8) is 0 Å². The molecule has 16 heavy (non-hydrogen) atoms. The first-order valence-electron chi connectivity index (χ1n) is 3.61. The number of carboxylic acid groups (broad SMARTS) is 2. The molecule has 4 nitrogen and oxygen atoms in total. The molecule has 0 spiro atoms. The highest BCUT2D eigenvalue weighted by atomic mass is 79.9. The lowest BCUT2D eigenvalue weighted by Crippen LogP contribution is -2.06. The van der Waals surface area contributed by atoms with Crippen LogP contribution in [0.4, 0.5) is 0 Å². The Balaban J connectivity index is 3.77. The van der Waals surface area contributed by atoms with Gasteiger partial charge >= 0.3 is 11.9 Å². The van der Waals surface area contributed by atoms with Crippen molar-refractivity contribution < 1.29 is 19.8 Å². The van der Waals surface area contributed by atoms with Crippen molar-refractivity contribution in [3.05, 3.63) is 30.7 Å². The van der Waals surface area contributed by atoms with Crippen molar-refractivity contribution in [1.29, 1.82) is 0 Å². The van der Waals surface area contributed by atoms with Crippen molar-refractivity contribution in [2.24, 2.45) is 0 Å². The van der Waals surface area contributed by atoms with E-state index in [4.69, 9.17) is 45.0 Å². The fourth-order valence-corrected chi connectivity index (χ4v) is 2.55. The quantitative estimate of drug-likeness (QED) is 0.797. The van der Waals surface area contributed by atoms with E-state index in [0.29, 0.717) is 0 Å². The van der Waals surface area contributed by atoms with Crippen LogP contribution in [-0.2, 0) is 0 Å². The number of benzene rings is 1. The van der Waals surface area contributed by atoms with Gasteiger partial charge in [-0.15, -0.1) is 0 Å². The van der Waals surface area contributed by atoms with Gasteiger partial charge in [-0.2, -0.15) is 0 Å². The molecule has 86 valence electrons. The lowest BCUT2D eigenvalue weighted by atomic mass is 10.1. The standard InChI is InChI=1S/C8H2BrCl3O4/c9-3-1(7(13)14)5(11)6(12)2(4(3)10)8(15)16/h(H,13,14)(H,15,16). The summed E-state index contributed by atoms with van der Waals surface area (Å²) in [5.74, 6) is -2.76. The molecule has 0 saturated heterocycles. The van der Waals surface area contributed by atoms with E-state index in [1.807, 2.05) is 0 Å². The summed E-state index contributed by atoms with van der Waals surface area (Å²) >= 11 is 19.8.